The minimum atomic E-state index is 0. The number of hydrogen-bond acceptors (Lipinski definition) is 2. The van der Waals surface area contributed by atoms with Gasteiger partial charge in [0.15, 0.2) is 5.34 Å². The molecule has 0 bridgehead atoms. The van der Waals surface area contributed by atoms with E-state index in [0.717, 1.165) is 0 Å². The van der Waals surface area contributed by atoms with E-state index in [1.54, 1.807) is 0 Å². The molecule has 5 heavy (non-hydrogen) atoms. The van der Waals surface area contributed by atoms with Gasteiger partial charge in [0.1, 0.15) is 0 Å². The Morgan fingerprint density at radius 2 is 1.80 bits per heavy atom. The van der Waals surface area contributed by atoms with Gasteiger partial charge in [-0.25, -0.2) is 0 Å². The summed E-state index contributed by atoms with van der Waals surface area (Å²) in [4.78, 5) is 8.11. The van der Waals surface area contributed by atoms with Gasteiger partial charge in [0, 0.05) is 22.4 Å². The maximum absolute atomic E-state index is 8.11. The molecule has 5 heteroatoms. The third-order valence-corrected chi connectivity index (χ3v) is 0. The van der Waals surface area contributed by atoms with Crippen molar-refractivity contribution in [3.8, 4) is 0 Å². The van der Waals surface area contributed by atoms with E-state index < -0.39 is 0 Å². The van der Waals surface area contributed by atoms with Gasteiger partial charge in [-0.3, -0.25) is 0 Å². The summed E-state index contributed by atoms with van der Waals surface area (Å²) in [7, 11) is 0. The number of hydrogen-bond donors (Lipinski definition) is 1. The second-order valence-electron chi connectivity index (χ2n) is 0.0816. The molecule has 0 aliphatic heterocycles. The van der Waals surface area contributed by atoms with Crippen LogP contribution in [0.4, 0.5) is 0 Å². The van der Waals surface area contributed by atoms with Crippen molar-refractivity contribution in [1.29, 1.82) is 0 Å². The van der Waals surface area contributed by atoms with Crippen molar-refractivity contribution >= 4 is 0 Å². The van der Waals surface area contributed by atoms with Crippen LogP contribution in [0.2, 0.25) is 0 Å². The largest absolute Gasteiger partial charge is 1.00 e. The average molecular weight is 164 g/mol. The maximum atomic E-state index is 8.11. The number of nitrogens with zero attached hydrogens (tertiary/aromatic N) is 1. The zero-order chi connectivity index (χ0) is 2.71. The molecule has 1 N–H and O–H groups in total. The zero-order valence-electron chi connectivity index (χ0n) is 3.75. The molecule has 0 atom stereocenters. The molecule has 0 unspecified atom stereocenters. The van der Waals surface area contributed by atoms with Crippen LogP contribution in [0.1, 0.15) is 1.43 Å². The molecule has 0 heterocycles. The summed E-state index contributed by atoms with van der Waals surface area (Å²) in [5.41, 5.74) is 0. The van der Waals surface area contributed by atoms with Gasteiger partial charge in [-0.05, 0) is 0 Å². The summed E-state index contributed by atoms with van der Waals surface area (Å²) in [6, 6.07) is 0. The van der Waals surface area contributed by atoms with Crippen LogP contribution in [0.25, 0.3) is 0 Å². The van der Waals surface area contributed by atoms with Crippen LogP contribution in [0.3, 0.4) is 0 Å². The Kier molecular flexibility index (Phi) is 63.3. The van der Waals surface area contributed by atoms with E-state index in [1.807, 2.05) is 0 Å². The van der Waals surface area contributed by atoms with E-state index in [9.17, 15) is 0 Å². The Hall–Kier alpha value is 1.14. The molecule has 0 fully saturated rings. The Balaban J connectivity index is -0.00000000667. The van der Waals surface area contributed by atoms with E-state index in [-0.39, 0.29) is 53.4 Å². The first-order chi connectivity index (χ1) is 1.41. The smallest absolute Gasteiger partial charge is 1.00 e. The quantitative estimate of drug-likeness (QED) is 0.240. The van der Waals surface area contributed by atoms with E-state index >= 15 is 0 Å². The van der Waals surface area contributed by atoms with Crippen LogP contribution in [0.5, 0.6) is 0 Å². The van der Waals surface area contributed by atoms with Crippen molar-refractivity contribution in [2.45, 2.75) is 0 Å². The van der Waals surface area contributed by atoms with Gasteiger partial charge in [-0.2, -0.15) is 0 Å². The fourth-order valence-electron chi connectivity index (χ4n) is 0. The Morgan fingerprint density at radius 3 is 1.80 bits per heavy atom. The van der Waals surface area contributed by atoms with Gasteiger partial charge in [-0.15, -0.1) is 4.91 Å². The van der Waals surface area contributed by atoms with E-state index in [0.29, 0.717) is 0 Å². The second-order valence-corrected chi connectivity index (χ2v) is 0.0816. The summed E-state index contributed by atoms with van der Waals surface area (Å²) in [5.74, 6) is 0. The average Bonchev–Trinajstić information content (AvgIpc) is 0.918. The molecule has 0 rings (SSSR count). The molecule has 1 radical (unpaired) electrons. The molecule has 0 aromatic heterocycles. The number of rotatable bonds is 0. The van der Waals surface area contributed by atoms with Crippen LogP contribution >= 0.6 is 0 Å². The minimum Gasteiger partial charge on any atom is -1.00 e. The Morgan fingerprint density at radius 1 is 1.80 bits per heavy atom. The van der Waals surface area contributed by atoms with Gasteiger partial charge in [0.2, 0.25) is 0 Å². The standard InChI is InChI=1S/HNO2.Na.Nb.H/c2-1-3;;;/h(H,2,3);;;/q;+1;;-1. The first-order valence-electron chi connectivity index (χ1n) is 0.383. The fourth-order valence-corrected chi connectivity index (χ4v) is 0. The first kappa shape index (κ1) is 16.5. The van der Waals surface area contributed by atoms with E-state index in [2.05, 4.69) is 0 Å². The minimum absolute atomic E-state index is 0. The molecule has 25 valence electrons. The van der Waals surface area contributed by atoms with Gasteiger partial charge in [0.05, 0.1) is 0 Å². The molecule has 0 saturated heterocycles. The van der Waals surface area contributed by atoms with Crippen LogP contribution < -0.4 is 29.6 Å². The Bertz CT molecular complexity index is 21.0. The van der Waals surface area contributed by atoms with Gasteiger partial charge >= 0.3 is 29.6 Å². The molecule has 0 aromatic carbocycles. The molecule has 0 aliphatic carbocycles. The second kappa shape index (κ2) is 19.2. The molecule has 0 amide bonds. The maximum Gasteiger partial charge on any atom is 1.00 e. The van der Waals surface area contributed by atoms with Crippen molar-refractivity contribution in [1.82, 2.24) is 0 Å². The molecular weight excluding hydrogens is 162 g/mol. The third-order valence-electron chi connectivity index (χ3n) is 0. The normalized spacial score (nSPS) is 2.40. The monoisotopic (exact) mass is 164 g/mol. The zero-order valence-corrected chi connectivity index (χ0v) is 6.95. The predicted molar refractivity (Wildman–Crippen MR) is 8.69 cm³/mol. The summed E-state index contributed by atoms with van der Waals surface area (Å²) >= 11 is 0. The van der Waals surface area contributed by atoms with Crippen LogP contribution in [0.15, 0.2) is 5.34 Å². The summed E-state index contributed by atoms with van der Waals surface area (Å²) < 4.78 is 0. The summed E-state index contributed by atoms with van der Waals surface area (Å²) in [6.45, 7) is 0. The van der Waals surface area contributed by atoms with Crippen molar-refractivity contribution < 1.29 is 58.6 Å². The van der Waals surface area contributed by atoms with E-state index in [4.69, 9.17) is 10.1 Å². The van der Waals surface area contributed by atoms with Crippen LogP contribution in [-0.4, -0.2) is 5.21 Å². The third kappa shape index (κ3) is 39.0. The molecule has 0 saturated carbocycles. The van der Waals surface area contributed by atoms with Crippen LogP contribution in [-0.2, 0) is 22.4 Å². The molecule has 0 aromatic rings. The molecule has 0 spiro atoms. The van der Waals surface area contributed by atoms with E-state index in [1.165, 1.54) is 5.34 Å². The SMILES string of the molecule is O=NO.[H-].[Na+].[Nb]. The Labute approximate surface area is 68.3 Å². The van der Waals surface area contributed by atoms with Gasteiger partial charge in [0.25, 0.3) is 0 Å². The van der Waals surface area contributed by atoms with Crippen molar-refractivity contribution in [3.05, 3.63) is 4.91 Å². The topological polar surface area (TPSA) is 49.7 Å². The van der Waals surface area contributed by atoms with Gasteiger partial charge in [-0.1, -0.05) is 0 Å². The summed E-state index contributed by atoms with van der Waals surface area (Å²) in [5, 5.41) is 7.89. The summed E-state index contributed by atoms with van der Waals surface area (Å²) in [6.07, 6.45) is 0. The van der Waals surface area contributed by atoms with Crippen LogP contribution in [0, 0.1) is 4.91 Å². The van der Waals surface area contributed by atoms with Crippen molar-refractivity contribution in [3.63, 3.8) is 0 Å². The molecule has 0 aliphatic rings. The fraction of sp³-hybridized carbons (Fsp3) is 0. The first-order valence-corrected chi connectivity index (χ1v) is 0.383. The molecule has 3 nitrogen and oxygen atoms in total. The predicted octanol–water partition coefficient (Wildman–Crippen LogP) is -2.74. The molecular formula is H2NNaNbO2. The van der Waals surface area contributed by atoms with Gasteiger partial charge < -0.3 is 6.63 Å². The van der Waals surface area contributed by atoms with Crippen molar-refractivity contribution in [2.24, 2.45) is 5.34 Å². The van der Waals surface area contributed by atoms with Crippen molar-refractivity contribution in [2.75, 3.05) is 0 Å².